The van der Waals surface area contributed by atoms with Crippen molar-refractivity contribution in [2.24, 2.45) is 0 Å². The number of hydrogen-bond acceptors (Lipinski definition) is 5. The monoisotopic (exact) mass is 416 g/mol. The highest BCUT2D eigenvalue weighted by atomic mass is 32.2. The second-order valence-electron chi connectivity index (χ2n) is 7.11. The van der Waals surface area contributed by atoms with Gasteiger partial charge in [0.25, 0.3) is 5.91 Å². The van der Waals surface area contributed by atoms with Gasteiger partial charge in [-0.3, -0.25) is 9.59 Å². The lowest BCUT2D eigenvalue weighted by molar-refractivity contribution is -0.118. The molecule has 2 N–H and O–H groups in total. The third-order valence-electron chi connectivity index (χ3n) is 4.87. The average Bonchev–Trinajstić information content (AvgIpc) is 2.67. The minimum Gasteiger partial charge on any atom is -0.482 e. The SMILES string of the molecule is CCc1ccc(NC(=O)C[C@@H](C)S(=O)(=O)c2cc3c(cc2C)NC(=O)CO3)cc1. The Morgan fingerprint density at radius 2 is 1.93 bits per heavy atom. The lowest BCUT2D eigenvalue weighted by Gasteiger charge is -2.21. The van der Waals surface area contributed by atoms with Gasteiger partial charge in [0.2, 0.25) is 5.91 Å². The van der Waals surface area contributed by atoms with Crippen molar-refractivity contribution in [1.29, 1.82) is 0 Å². The van der Waals surface area contributed by atoms with Crippen LogP contribution in [-0.4, -0.2) is 32.1 Å². The van der Waals surface area contributed by atoms with Crippen LogP contribution < -0.4 is 15.4 Å². The average molecular weight is 416 g/mol. The van der Waals surface area contributed by atoms with Crippen LogP contribution in [0.25, 0.3) is 0 Å². The highest BCUT2D eigenvalue weighted by molar-refractivity contribution is 7.92. The molecule has 2 amide bonds. The third kappa shape index (κ3) is 4.59. The maximum absolute atomic E-state index is 13.1. The summed E-state index contributed by atoms with van der Waals surface area (Å²) in [7, 11) is -3.77. The maximum atomic E-state index is 13.1. The van der Waals surface area contributed by atoms with Gasteiger partial charge >= 0.3 is 0 Å². The molecular weight excluding hydrogens is 392 g/mol. The first-order valence-electron chi connectivity index (χ1n) is 9.40. The lowest BCUT2D eigenvalue weighted by Crippen LogP contribution is -2.27. The quantitative estimate of drug-likeness (QED) is 0.754. The van der Waals surface area contributed by atoms with Crippen LogP contribution >= 0.6 is 0 Å². The van der Waals surface area contributed by atoms with Gasteiger partial charge in [-0.2, -0.15) is 0 Å². The van der Waals surface area contributed by atoms with E-state index >= 15 is 0 Å². The number of fused-ring (bicyclic) bond motifs is 1. The van der Waals surface area contributed by atoms with Crippen molar-refractivity contribution in [3.8, 4) is 5.75 Å². The molecule has 7 nitrogen and oxygen atoms in total. The van der Waals surface area contributed by atoms with Gasteiger partial charge in [-0.1, -0.05) is 19.1 Å². The Balaban J connectivity index is 1.74. The van der Waals surface area contributed by atoms with Crippen LogP contribution in [0.2, 0.25) is 0 Å². The fourth-order valence-corrected chi connectivity index (χ4v) is 4.73. The van der Waals surface area contributed by atoms with Crippen molar-refractivity contribution in [2.45, 2.75) is 43.8 Å². The first-order chi connectivity index (χ1) is 13.7. The molecular formula is C21H24N2O5S. The largest absolute Gasteiger partial charge is 0.482 e. The Morgan fingerprint density at radius 3 is 2.59 bits per heavy atom. The van der Waals surface area contributed by atoms with Crippen LogP contribution in [0.15, 0.2) is 41.3 Å². The highest BCUT2D eigenvalue weighted by Crippen LogP contribution is 2.34. The van der Waals surface area contributed by atoms with E-state index in [2.05, 4.69) is 10.6 Å². The van der Waals surface area contributed by atoms with E-state index in [1.54, 1.807) is 25.1 Å². The topological polar surface area (TPSA) is 102 Å². The fourth-order valence-electron chi connectivity index (χ4n) is 3.15. The minimum absolute atomic E-state index is 0.0972. The van der Waals surface area contributed by atoms with Crippen LogP contribution in [0.5, 0.6) is 5.75 Å². The van der Waals surface area contributed by atoms with E-state index in [1.807, 2.05) is 19.1 Å². The summed E-state index contributed by atoms with van der Waals surface area (Å²) < 4.78 is 31.4. The van der Waals surface area contributed by atoms with Gasteiger partial charge in [-0.25, -0.2) is 8.42 Å². The summed E-state index contributed by atoms with van der Waals surface area (Å²) in [5, 5.41) is 4.47. The number of hydrogen-bond donors (Lipinski definition) is 2. The maximum Gasteiger partial charge on any atom is 0.262 e. The molecule has 29 heavy (non-hydrogen) atoms. The van der Waals surface area contributed by atoms with Crippen LogP contribution in [-0.2, 0) is 25.8 Å². The molecule has 2 aromatic carbocycles. The van der Waals surface area contributed by atoms with Gasteiger partial charge in [0, 0.05) is 18.2 Å². The second-order valence-corrected chi connectivity index (χ2v) is 9.44. The number of aryl methyl sites for hydroxylation is 2. The van der Waals surface area contributed by atoms with Crippen molar-refractivity contribution < 1.29 is 22.7 Å². The lowest BCUT2D eigenvalue weighted by atomic mass is 10.1. The molecule has 0 fully saturated rings. The van der Waals surface area contributed by atoms with Gasteiger partial charge < -0.3 is 15.4 Å². The van der Waals surface area contributed by atoms with Gasteiger partial charge in [0.05, 0.1) is 15.8 Å². The summed E-state index contributed by atoms with van der Waals surface area (Å²) in [4.78, 5) is 23.9. The molecule has 0 aromatic heterocycles. The summed E-state index contributed by atoms with van der Waals surface area (Å²) in [6.45, 7) is 5.04. The normalized spacial score (nSPS) is 14.4. The van der Waals surface area contributed by atoms with Gasteiger partial charge in [-0.15, -0.1) is 0 Å². The molecule has 1 heterocycles. The molecule has 8 heteroatoms. The zero-order chi connectivity index (χ0) is 21.2. The van der Waals surface area contributed by atoms with E-state index in [-0.39, 0.29) is 29.7 Å². The van der Waals surface area contributed by atoms with Crippen molar-refractivity contribution in [2.75, 3.05) is 17.2 Å². The Kier molecular flexibility index (Phi) is 5.93. The summed E-state index contributed by atoms with van der Waals surface area (Å²) in [6, 6.07) is 10.4. The summed E-state index contributed by atoms with van der Waals surface area (Å²) >= 11 is 0. The Morgan fingerprint density at radius 1 is 1.24 bits per heavy atom. The third-order valence-corrected chi connectivity index (χ3v) is 7.14. The van der Waals surface area contributed by atoms with Gasteiger partial charge in [0.15, 0.2) is 16.4 Å². The number of amides is 2. The van der Waals surface area contributed by atoms with Crippen LogP contribution in [0, 0.1) is 6.92 Å². The molecule has 154 valence electrons. The van der Waals surface area contributed by atoms with Crippen LogP contribution in [0.1, 0.15) is 31.4 Å². The second kappa shape index (κ2) is 8.24. The van der Waals surface area contributed by atoms with Crippen LogP contribution in [0.3, 0.4) is 0 Å². The summed E-state index contributed by atoms with van der Waals surface area (Å²) in [6.07, 6.45) is 0.725. The Bertz CT molecular complexity index is 1050. The number of ether oxygens (including phenoxy) is 1. The molecule has 0 aliphatic carbocycles. The highest BCUT2D eigenvalue weighted by Gasteiger charge is 2.29. The molecule has 0 saturated carbocycles. The number of sulfone groups is 1. The fraction of sp³-hybridized carbons (Fsp3) is 0.333. The summed E-state index contributed by atoms with van der Waals surface area (Å²) in [5.41, 5.74) is 2.71. The van der Waals surface area contributed by atoms with Crippen LogP contribution in [0.4, 0.5) is 11.4 Å². The van der Waals surface area contributed by atoms with E-state index < -0.39 is 15.1 Å². The van der Waals surface area contributed by atoms with Crippen molar-refractivity contribution in [3.63, 3.8) is 0 Å². The zero-order valence-electron chi connectivity index (χ0n) is 16.6. The smallest absolute Gasteiger partial charge is 0.262 e. The minimum atomic E-state index is -3.77. The number of benzene rings is 2. The Labute approximate surface area is 170 Å². The number of nitrogens with one attached hydrogen (secondary N) is 2. The molecule has 1 aliphatic rings. The predicted octanol–water partition coefficient (Wildman–Crippen LogP) is 3.08. The van der Waals surface area contributed by atoms with Crippen molar-refractivity contribution in [1.82, 2.24) is 0 Å². The zero-order valence-corrected chi connectivity index (χ0v) is 17.4. The molecule has 1 atom stereocenters. The van der Waals surface area contributed by atoms with Gasteiger partial charge in [-0.05, 0) is 49.6 Å². The standard InChI is InChI=1S/C21H24N2O5S/c1-4-15-5-7-16(8-6-15)22-20(24)10-14(3)29(26,27)19-11-18-17(9-13(19)2)23-21(25)12-28-18/h5-9,11,14H,4,10,12H2,1-3H3,(H,22,24)(H,23,25)/t14-/m1/s1. The van der Waals surface area contributed by atoms with E-state index in [1.165, 1.54) is 13.0 Å². The first kappa shape index (κ1) is 20.9. The number of anilines is 2. The predicted molar refractivity (Wildman–Crippen MR) is 111 cm³/mol. The molecule has 0 bridgehead atoms. The molecule has 3 rings (SSSR count). The Hall–Kier alpha value is -2.87. The van der Waals surface area contributed by atoms with E-state index in [0.717, 1.165) is 12.0 Å². The number of carbonyl (C=O) groups is 2. The van der Waals surface area contributed by atoms with E-state index in [0.29, 0.717) is 22.7 Å². The molecule has 0 spiro atoms. The summed E-state index contributed by atoms with van der Waals surface area (Å²) in [5.74, 6) is -0.351. The van der Waals surface area contributed by atoms with Crippen molar-refractivity contribution >= 4 is 33.0 Å². The number of rotatable bonds is 6. The molecule has 2 aromatic rings. The number of carbonyl (C=O) groups excluding carboxylic acids is 2. The van der Waals surface area contributed by atoms with E-state index in [4.69, 9.17) is 4.74 Å². The molecule has 1 aliphatic heterocycles. The molecule has 0 saturated heterocycles. The van der Waals surface area contributed by atoms with Crippen molar-refractivity contribution in [3.05, 3.63) is 47.5 Å². The molecule has 0 unspecified atom stereocenters. The molecule has 0 radical (unpaired) electrons. The first-order valence-corrected chi connectivity index (χ1v) is 10.9. The van der Waals surface area contributed by atoms with Gasteiger partial charge in [0.1, 0.15) is 5.75 Å². The van der Waals surface area contributed by atoms with E-state index in [9.17, 15) is 18.0 Å².